The number of benzene rings is 3. The normalized spacial score (nSPS) is 11.1. The Balaban J connectivity index is 1.69. The lowest BCUT2D eigenvalue weighted by molar-refractivity contribution is -0.115. The molecule has 1 aromatic heterocycles. The number of imidazole rings is 1. The summed E-state index contributed by atoms with van der Waals surface area (Å²) in [7, 11) is 1.52. The number of hydrogen-bond acceptors (Lipinski definition) is 5. The molecular weight excluding hydrogens is 416 g/mol. The van der Waals surface area contributed by atoms with E-state index in [0.29, 0.717) is 29.4 Å². The largest absolute Gasteiger partial charge is 0.493 e. The van der Waals surface area contributed by atoms with Crippen LogP contribution in [0.15, 0.2) is 72.8 Å². The zero-order chi connectivity index (χ0) is 23.0. The summed E-state index contributed by atoms with van der Waals surface area (Å²) in [5, 5.41) is 11.7. The van der Waals surface area contributed by atoms with E-state index in [1.165, 1.54) is 7.11 Å². The molecule has 0 unspecified atom stereocenters. The fourth-order valence-corrected chi connectivity index (χ4v) is 3.37. The predicted molar refractivity (Wildman–Crippen MR) is 126 cm³/mol. The molecule has 0 aliphatic heterocycles. The molecule has 164 valence electrons. The molecule has 0 spiro atoms. The summed E-state index contributed by atoms with van der Waals surface area (Å²) in [5.41, 5.74) is 3.71. The van der Waals surface area contributed by atoms with Crippen molar-refractivity contribution in [3.8, 4) is 17.6 Å². The molecule has 33 heavy (non-hydrogen) atoms. The van der Waals surface area contributed by atoms with Crippen LogP contribution in [0.2, 0.25) is 0 Å². The first-order valence-corrected chi connectivity index (χ1v) is 10.3. The van der Waals surface area contributed by atoms with E-state index in [2.05, 4.69) is 15.3 Å². The zero-order valence-corrected chi connectivity index (χ0v) is 18.0. The van der Waals surface area contributed by atoms with Crippen molar-refractivity contribution < 1.29 is 14.3 Å². The quantitative estimate of drug-likeness (QED) is 0.399. The predicted octanol–water partition coefficient (Wildman–Crippen LogP) is 4.33. The second kappa shape index (κ2) is 10.2. The van der Waals surface area contributed by atoms with Crippen LogP contribution in [0.4, 0.5) is 0 Å². The Morgan fingerprint density at radius 3 is 2.64 bits per heavy atom. The summed E-state index contributed by atoms with van der Waals surface area (Å²) in [6, 6.07) is 24.5. The number of nitrogens with zero attached hydrogens (tertiary/aromatic N) is 2. The van der Waals surface area contributed by atoms with Gasteiger partial charge in [-0.1, -0.05) is 48.5 Å². The van der Waals surface area contributed by atoms with Crippen LogP contribution in [0.3, 0.4) is 0 Å². The maximum Gasteiger partial charge on any atom is 0.255 e. The molecule has 4 aromatic rings. The first-order valence-electron chi connectivity index (χ1n) is 10.3. The maximum absolute atomic E-state index is 13.2. The van der Waals surface area contributed by atoms with Gasteiger partial charge in [-0.15, -0.1) is 0 Å². The number of para-hydroxylation sites is 2. The van der Waals surface area contributed by atoms with Gasteiger partial charge < -0.3 is 19.8 Å². The van der Waals surface area contributed by atoms with Crippen molar-refractivity contribution in [2.24, 2.45) is 0 Å². The smallest absolute Gasteiger partial charge is 0.255 e. The molecular formula is C26H22N4O3. The Labute approximate surface area is 191 Å². The number of hydrogen-bond donors (Lipinski definition) is 2. The van der Waals surface area contributed by atoms with Crippen LogP contribution in [0, 0.1) is 11.3 Å². The number of nitrogens with one attached hydrogen (secondary N) is 2. The molecule has 1 heterocycles. The van der Waals surface area contributed by atoms with Crippen molar-refractivity contribution in [1.29, 1.82) is 5.26 Å². The summed E-state index contributed by atoms with van der Waals surface area (Å²) in [6.45, 7) is 0.305. The van der Waals surface area contributed by atoms with Crippen LogP contribution in [0.1, 0.15) is 17.0 Å². The molecule has 0 aliphatic rings. The van der Waals surface area contributed by atoms with E-state index in [4.69, 9.17) is 14.7 Å². The van der Waals surface area contributed by atoms with Crippen LogP contribution in [-0.4, -0.2) is 29.6 Å². The number of amides is 1. The van der Waals surface area contributed by atoms with E-state index in [1.54, 1.807) is 24.3 Å². The second-order valence-electron chi connectivity index (χ2n) is 7.19. The lowest BCUT2D eigenvalue weighted by Crippen LogP contribution is -2.24. The number of ether oxygens (including phenoxy) is 2. The van der Waals surface area contributed by atoms with Crippen molar-refractivity contribution in [2.75, 3.05) is 13.7 Å². The molecule has 3 aromatic carbocycles. The number of carbonyl (C=O) groups is 1. The topological polar surface area (TPSA) is 100 Å². The molecule has 2 N–H and O–H groups in total. The first kappa shape index (κ1) is 21.7. The molecule has 0 bridgehead atoms. The van der Waals surface area contributed by atoms with Crippen LogP contribution >= 0.6 is 0 Å². The van der Waals surface area contributed by atoms with Gasteiger partial charge in [0.15, 0.2) is 18.1 Å². The third kappa shape index (κ3) is 5.20. The molecule has 7 heteroatoms. The van der Waals surface area contributed by atoms with Gasteiger partial charge in [-0.2, -0.15) is 5.26 Å². The van der Waals surface area contributed by atoms with Gasteiger partial charge in [0.25, 0.3) is 5.91 Å². The van der Waals surface area contributed by atoms with Gasteiger partial charge in [0.2, 0.25) is 0 Å². The highest BCUT2D eigenvalue weighted by molar-refractivity contribution is 6.23. The van der Waals surface area contributed by atoms with Gasteiger partial charge in [-0.3, -0.25) is 4.79 Å². The van der Waals surface area contributed by atoms with Gasteiger partial charge in [0.1, 0.15) is 11.9 Å². The Morgan fingerprint density at radius 2 is 1.88 bits per heavy atom. The van der Waals surface area contributed by atoms with Gasteiger partial charge in [0, 0.05) is 6.54 Å². The summed E-state index contributed by atoms with van der Waals surface area (Å²) in [6.07, 6.45) is 1.74. The number of methoxy groups -OCH3 is 1. The molecule has 0 atom stereocenters. The third-order valence-electron chi connectivity index (χ3n) is 4.98. The van der Waals surface area contributed by atoms with Crippen molar-refractivity contribution in [3.05, 3.63) is 89.7 Å². The number of H-pyrrole nitrogens is 1. The van der Waals surface area contributed by atoms with Crippen molar-refractivity contribution >= 4 is 28.6 Å². The number of nitriles is 1. The number of aromatic amines is 1. The lowest BCUT2D eigenvalue weighted by atomic mass is 10.1. The van der Waals surface area contributed by atoms with Crippen molar-refractivity contribution in [2.45, 2.75) is 6.54 Å². The molecule has 1 amide bonds. The monoisotopic (exact) mass is 438 g/mol. The van der Waals surface area contributed by atoms with Gasteiger partial charge in [-0.25, -0.2) is 4.98 Å². The Hall–Kier alpha value is -4.57. The summed E-state index contributed by atoms with van der Waals surface area (Å²) < 4.78 is 10.8. The maximum atomic E-state index is 13.2. The average molecular weight is 438 g/mol. The Bertz CT molecular complexity index is 1300. The Morgan fingerprint density at radius 1 is 1.09 bits per heavy atom. The van der Waals surface area contributed by atoms with E-state index >= 15 is 0 Å². The highest BCUT2D eigenvalue weighted by Gasteiger charge is 2.17. The third-order valence-corrected chi connectivity index (χ3v) is 4.98. The van der Waals surface area contributed by atoms with Crippen LogP contribution < -0.4 is 14.8 Å². The van der Waals surface area contributed by atoms with Crippen LogP contribution in [0.5, 0.6) is 11.5 Å². The van der Waals surface area contributed by atoms with Crippen LogP contribution in [-0.2, 0) is 11.3 Å². The van der Waals surface area contributed by atoms with Gasteiger partial charge in [-0.05, 0) is 41.5 Å². The number of fused-ring (bicyclic) bond motifs is 1. The number of rotatable bonds is 8. The Kier molecular flexibility index (Phi) is 6.67. The minimum Gasteiger partial charge on any atom is -0.493 e. The van der Waals surface area contributed by atoms with E-state index in [-0.39, 0.29) is 12.5 Å². The highest BCUT2D eigenvalue weighted by atomic mass is 16.5. The molecule has 0 fully saturated rings. The van der Waals surface area contributed by atoms with Crippen molar-refractivity contribution in [3.63, 3.8) is 0 Å². The second-order valence-corrected chi connectivity index (χ2v) is 7.19. The van der Waals surface area contributed by atoms with Crippen molar-refractivity contribution in [1.82, 2.24) is 15.3 Å². The van der Waals surface area contributed by atoms with E-state index in [0.717, 1.165) is 22.2 Å². The summed E-state index contributed by atoms with van der Waals surface area (Å²) in [4.78, 5) is 21.1. The molecule has 0 saturated heterocycles. The highest BCUT2D eigenvalue weighted by Crippen LogP contribution is 2.30. The molecule has 7 nitrogen and oxygen atoms in total. The minimum atomic E-state index is -0.262. The van der Waals surface area contributed by atoms with E-state index in [9.17, 15) is 4.79 Å². The first-order chi connectivity index (χ1) is 16.2. The van der Waals surface area contributed by atoms with Gasteiger partial charge >= 0.3 is 0 Å². The van der Waals surface area contributed by atoms with E-state index < -0.39 is 0 Å². The fraction of sp³-hybridized carbons (Fsp3) is 0.115. The molecule has 0 aliphatic carbocycles. The SMILES string of the molecule is COc1cc(/C=C(/C(=O)NCc2ccccc2)c2nc3ccccc3[nH]2)ccc1OCC#N. The fourth-order valence-electron chi connectivity index (χ4n) is 3.37. The molecule has 0 radical (unpaired) electrons. The number of carbonyl (C=O) groups excluding carboxylic acids is 1. The number of aromatic nitrogens is 2. The zero-order valence-electron chi connectivity index (χ0n) is 18.0. The summed E-state index contributed by atoms with van der Waals surface area (Å²) >= 11 is 0. The van der Waals surface area contributed by atoms with E-state index in [1.807, 2.05) is 60.7 Å². The minimum absolute atomic E-state index is 0.0856. The molecule has 0 saturated carbocycles. The lowest BCUT2D eigenvalue weighted by Gasteiger charge is -2.10. The van der Waals surface area contributed by atoms with Crippen LogP contribution in [0.25, 0.3) is 22.7 Å². The molecule has 4 rings (SSSR count). The van der Waals surface area contributed by atoms with Gasteiger partial charge in [0.05, 0.1) is 23.7 Å². The summed E-state index contributed by atoms with van der Waals surface area (Å²) in [5.74, 6) is 1.12. The average Bonchev–Trinajstić information content (AvgIpc) is 3.29. The standard InChI is InChI=1S/C26H22N4O3/c1-32-24-16-19(11-12-23(24)33-14-13-27)15-20(25-29-21-9-5-6-10-22(21)30-25)26(31)28-17-18-7-3-2-4-8-18/h2-12,15-16H,14,17H2,1H3,(H,28,31)(H,29,30)/b20-15+.